The minimum absolute atomic E-state index is 0.101. The Labute approximate surface area is 150 Å². The first-order chi connectivity index (χ1) is 11.8. The zero-order valence-electron chi connectivity index (χ0n) is 15.8. The zero-order valence-corrected chi connectivity index (χ0v) is 15.8. The van der Waals surface area contributed by atoms with Gasteiger partial charge in [-0.1, -0.05) is 26.0 Å². The van der Waals surface area contributed by atoms with Crippen LogP contribution in [0.2, 0.25) is 0 Å². The van der Waals surface area contributed by atoms with Gasteiger partial charge in [-0.25, -0.2) is 0 Å². The molecule has 4 unspecified atom stereocenters. The van der Waals surface area contributed by atoms with E-state index in [2.05, 4.69) is 20.4 Å². The van der Waals surface area contributed by atoms with Gasteiger partial charge < -0.3 is 4.74 Å². The fourth-order valence-electron chi connectivity index (χ4n) is 6.77. The third kappa shape index (κ3) is 2.38. The molecule has 4 rings (SSSR count). The molecule has 0 aromatic rings. The Kier molecular flexibility index (Phi) is 3.79. The quantitative estimate of drug-likeness (QED) is 0.516. The predicted octanol–water partition coefficient (Wildman–Crippen LogP) is 4.62. The third-order valence-corrected chi connectivity index (χ3v) is 8.25. The number of fused-ring (bicyclic) bond motifs is 5. The molecular weight excluding hydrogens is 312 g/mol. The van der Waals surface area contributed by atoms with E-state index in [1.54, 1.807) is 0 Å². The van der Waals surface area contributed by atoms with Crippen molar-refractivity contribution in [3.05, 3.63) is 23.8 Å². The summed E-state index contributed by atoms with van der Waals surface area (Å²) in [5.74, 6) is 1.99. The summed E-state index contributed by atoms with van der Waals surface area (Å²) in [6, 6.07) is 0. The number of hydrogen-bond donors (Lipinski definition) is 0. The van der Waals surface area contributed by atoms with Crippen LogP contribution in [0.1, 0.15) is 65.7 Å². The van der Waals surface area contributed by atoms with Gasteiger partial charge in [-0.05, 0) is 78.8 Å². The molecule has 0 aliphatic heterocycles. The molecule has 136 valence electrons. The lowest BCUT2D eigenvalue weighted by Crippen LogP contribution is -2.49. The van der Waals surface area contributed by atoms with E-state index in [4.69, 9.17) is 4.74 Å². The molecule has 0 amide bonds. The average Bonchev–Trinajstić information content (AvgIpc) is 2.79. The van der Waals surface area contributed by atoms with Gasteiger partial charge in [0.05, 0.1) is 0 Å². The summed E-state index contributed by atoms with van der Waals surface area (Å²) in [5.41, 5.74) is 2.83. The van der Waals surface area contributed by atoms with Crippen molar-refractivity contribution in [1.82, 2.24) is 0 Å². The number of esters is 1. The number of ketones is 1. The van der Waals surface area contributed by atoms with Gasteiger partial charge in [0, 0.05) is 13.3 Å². The van der Waals surface area contributed by atoms with Crippen LogP contribution in [0.4, 0.5) is 0 Å². The molecular formula is C22H30O3. The van der Waals surface area contributed by atoms with Crippen LogP contribution in [0.25, 0.3) is 0 Å². The summed E-state index contributed by atoms with van der Waals surface area (Å²) in [6.07, 6.45) is 9.05. The number of rotatable bonds is 1. The van der Waals surface area contributed by atoms with Gasteiger partial charge in [0.15, 0.2) is 5.78 Å². The highest BCUT2D eigenvalue weighted by atomic mass is 16.5. The van der Waals surface area contributed by atoms with Gasteiger partial charge in [-0.3, -0.25) is 9.59 Å². The van der Waals surface area contributed by atoms with E-state index < -0.39 is 0 Å². The van der Waals surface area contributed by atoms with Crippen LogP contribution in [0.15, 0.2) is 23.8 Å². The van der Waals surface area contributed by atoms with E-state index in [1.807, 2.05) is 6.08 Å². The van der Waals surface area contributed by atoms with Crippen LogP contribution in [0.3, 0.4) is 0 Å². The molecule has 0 aromatic carbocycles. The summed E-state index contributed by atoms with van der Waals surface area (Å²) in [5, 5.41) is 0. The normalized spacial score (nSPS) is 46.0. The number of hydrogen-bond acceptors (Lipinski definition) is 3. The zero-order chi connectivity index (χ0) is 18.0. The lowest BCUT2D eigenvalue weighted by Gasteiger charge is -2.57. The maximum atomic E-state index is 11.9. The van der Waals surface area contributed by atoms with Gasteiger partial charge in [0.1, 0.15) is 6.10 Å². The van der Waals surface area contributed by atoms with E-state index in [0.29, 0.717) is 30.0 Å². The molecule has 0 spiro atoms. The Balaban J connectivity index is 1.65. The van der Waals surface area contributed by atoms with Crippen molar-refractivity contribution in [3.63, 3.8) is 0 Å². The van der Waals surface area contributed by atoms with Crippen LogP contribution < -0.4 is 0 Å². The summed E-state index contributed by atoms with van der Waals surface area (Å²) in [6.45, 7) is 10.6. The highest BCUT2D eigenvalue weighted by Gasteiger charge is 2.59. The van der Waals surface area contributed by atoms with Gasteiger partial charge >= 0.3 is 5.97 Å². The van der Waals surface area contributed by atoms with Crippen molar-refractivity contribution >= 4 is 11.8 Å². The second kappa shape index (κ2) is 5.56. The first kappa shape index (κ1) is 17.1. The average molecular weight is 342 g/mol. The minimum Gasteiger partial charge on any atom is -0.458 e. The lowest BCUT2D eigenvalue weighted by atomic mass is 9.47. The second-order valence-electron chi connectivity index (χ2n) is 9.28. The van der Waals surface area contributed by atoms with Crippen molar-refractivity contribution in [2.45, 2.75) is 71.8 Å². The molecule has 6 atom stereocenters. The summed E-state index contributed by atoms with van der Waals surface area (Å²) in [4.78, 5) is 23.4. The molecule has 3 heteroatoms. The molecule has 0 heterocycles. The fourth-order valence-corrected chi connectivity index (χ4v) is 6.77. The van der Waals surface area contributed by atoms with Gasteiger partial charge in [-0.2, -0.15) is 0 Å². The van der Waals surface area contributed by atoms with E-state index in [1.165, 1.54) is 25.3 Å². The van der Waals surface area contributed by atoms with Gasteiger partial charge in [-0.15, -0.1) is 0 Å². The van der Waals surface area contributed by atoms with Gasteiger partial charge in [0.2, 0.25) is 0 Å². The largest absolute Gasteiger partial charge is 0.458 e. The molecule has 0 saturated heterocycles. The van der Waals surface area contributed by atoms with Crippen molar-refractivity contribution in [1.29, 1.82) is 0 Å². The summed E-state index contributed by atoms with van der Waals surface area (Å²) in [7, 11) is 0. The molecule has 4 aliphatic carbocycles. The Morgan fingerprint density at radius 2 is 1.92 bits per heavy atom. The lowest BCUT2D eigenvalue weighted by molar-refractivity contribution is -0.144. The molecule has 0 aromatic heterocycles. The van der Waals surface area contributed by atoms with Crippen molar-refractivity contribution in [2.24, 2.45) is 28.6 Å². The topological polar surface area (TPSA) is 43.4 Å². The monoisotopic (exact) mass is 342 g/mol. The van der Waals surface area contributed by atoms with Crippen LogP contribution in [-0.2, 0) is 14.3 Å². The van der Waals surface area contributed by atoms with E-state index in [-0.39, 0.29) is 22.9 Å². The molecule has 4 aliphatic rings. The number of allylic oxidation sites excluding steroid dienone is 1. The Morgan fingerprint density at radius 3 is 2.64 bits per heavy atom. The summed E-state index contributed by atoms with van der Waals surface area (Å²) >= 11 is 0. The third-order valence-electron chi connectivity index (χ3n) is 8.25. The SMILES string of the molecule is C=C1C(OC(C)=O)CC2C3CCC4=CC(=O)CC[C@]4(C)C3CC[C@]12C. The van der Waals surface area contributed by atoms with E-state index in [0.717, 1.165) is 31.3 Å². The van der Waals surface area contributed by atoms with Crippen molar-refractivity contribution in [3.8, 4) is 0 Å². The Morgan fingerprint density at radius 1 is 1.16 bits per heavy atom. The van der Waals surface area contributed by atoms with Crippen LogP contribution in [-0.4, -0.2) is 17.9 Å². The number of carbonyl (C=O) groups is 2. The standard InChI is InChI=1S/C22H30O3/c1-13-20(25-14(2)23)12-19-17-6-5-15-11-16(24)7-9-22(15,4)18(17)8-10-21(13,19)3/h11,17-20H,1,5-10,12H2,2-4H3/t17?,18?,19?,20?,21-,22+/m1/s1. The first-order valence-electron chi connectivity index (χ1n) is 9.86. The molecule has 25 heavy (non-hydrogen) atoms. The van der Waals surface area contributed by atoms with Crippen molar-refractivity contribution in [2.75, 3.05) is 0 Å². The molecule has 3 saturated carbocycles. The van der Waals surface area contributed by atoms with E-state index in [9.17, 15) is 9.59 Å². The fraction of sp³-hybridized carbons (Fsp3) is 0.727. The van der Waals surface area contributed by atoms with E-state index >= 15 is 0 Å². The van der Waals surface area contributed by atoms with Crippen molar-refractivity contribution < 1.29 is 14.3 Å². The Hall–Kier alpha value is -1.38. The first-order valence-corrected chi connectivity index (χ1v) is 9.86. The summed E-state index contributed by atoms with van der Waals surface area (Å²) < 4.78 is 5.61. The number of carbonyl (C=O) groups excluding carboxylic acids is 2. The molecule has 3 fully saturated rings. The van der Waals surface area contributed by atoms with Crippen LogP contribution in [0, 0.1) is 28.6 Å². The highest BCUT2D eigenvalue weighted by molar-refractivity contribution is 5.91. The maximum Gasteiger partial charge on any atom is 0.303 e. The molecule has 3 nitrogen and oxygen atoms in total. The highest BCUT2D eigenvalue weighted by Crippen LogP contribution is 2.66. The number of ether oxygens (including phenoxy) is 1. The molecule has 0 N–H and O–H groups in total. The van der Waals surface area contributed by atoms with Crippen LogP contribution >= 0.6 is 0 Å². The predicted molar refractivity (Wildman–Crippen MR) is 96.8 cm³/mol. The Bertz CT molecular complexity index is 675. The molecule has 0 radical (unpaired) electrons. The second-order valence-corrected chi connectivity index (χ2v) is 9.28. The minimum atomic E-state index is -0.198. The maximum absolute atomic E-state index is 11.9. The molecule has 0 bridgehead atoms. The smallest absolute Gasteiger partial charge is 0.303 e. The van der Waals surface area contributed by atoms with Crippen LogP contribution in [0.5, 0.6) is 0 Å². The van der Waals surface area contributed by atoms with Gasteiger partial charge in [0.25, 0.3) is 0 Å².